The van der Waals surface area contributed by atoms with Gasteiger partial charge >= 0.3 is 0 Å². The van der Waals surface area contributed by atoms with Gasteiger partial charge in [0.25, 0.3) is 0 Å². The average Bonchev–Trinajstić information content (AvgIpc) is 2.63. The smallest absolute Gasteiger partial charge is 0.191 e. The summed E-state index contributed by atoms with van der Waals surface area (Å²) in [5, 5.41) is 6.62. The number of nitrogens with zero attached hydrogens (tertiary/aromatic N) is 2. The first-order valence-electron chi connectivity index (χ1n) is 10.1. The Balaban J connectivity index is 0.00000392. The molecule has 0 aromatic heterocycles. The predicted octanol–water partition coefficient (Wildman–Crippen LogP) is 3.01. The maximum atomic E-state index is 5.81. The molecule has 7 heteroatoms. The number of rotatable bonds is 9. The number of nitrogens with one attached hydrogen (secondary N) is 2. The van der Waals surface area contributed by atoms with Crippen molar-refractivity contribution in [2.24, 2.45) is 4.99 Å². The summed E-state index contributed by atoms with van der Waals surface area (Å²) in [5.74, 6) is 0.856. The lowest BCUT2D eigenvalue weighted by molar-refractivity contribution is -0.0704. The third-order valence-electron chi connectivity index (χ3n) is 4.51. The molecule has 0 aliphatic carbocycles. The van der Waals surface area contributed by atoms with E-state index in [0.29, 0.717) is 18.8 Å². The lowest BCUT2D eigenvalue weighted by atomic mass is 10.1. The molecule has 1 aromatic carbocycles. The summed E-state index contributed by atoms with van der Waals surface area (Å²) in [6.07, 6.45) is 1.58. The van der Waals surface area contributed by atoms with Crippen LogP contribution in [0.5, 0.6) is 0 Å². The third kappa shape index (κ3) is 9.54. The minimum Gasteiger partial charge on any atom is -0.385 e. The van der Waals surface area contributed by atoms with Gasteiger partial charge in [-0.25, -0.2) is 4.99 Å². The van der Waals surface area contributed by atoms with Gasteiger partial charge in [0.15, 0.2) is 5.96 Å². The van der Waals surface area contributed by atoms with Gasteiger partial charge in [-0.1, -0.05) is 24.3 Å². The van der Waals surface area contributed by atoms with E-state index in [2.05, 4.69) is 65.6 Å². The second-order valence-corrected chi connectivity index (χ2v) is 7.24. The first kappa shape index (κ1) is 25.1. The van der Waals surface area contributed by atoms with Gasteiger partial charge in [-0.3, -0.25) is 4.90 Å². The normalized spacial score (nSPS) is 20.5. The number of ether oxygens (including phenoxy) is 2. The molecule has 2 atom stereocenters. The Morgan fingerprint density at radius 3 is 2.39 bits per heavy atom. The standard InChI is InChI=1S/C21H36N4O2.HI/c1-5-22-21(23-11-6-12-26-4)24-13-19-7-9-20(10-8-19)16-25-14-17(2)27-18(3)15-25;/h7-10,17-18H,5-6,11-16H2,1-4H3,(H2,22,23,24);1H. The summed E-state index contributed by atoms with van der Waals surface area (Å²) < 4.78 is 10.9. The highest BCUT2D eigenvalue weighted by Gasteiger charge is 2.21. The number of methoxy groups -OCH3 is 1. The van der Waals surface area contributed by atoms with Crippen LogP contribution in [0.3, 0.4) is 0 Å². The van der Waals surface area contributed by atoms with Gasteiger partial charge in [-0.2, -0.15) is 0 Å². The average molecular weight is 504 g/mol. The van der Waals surface area contributed by atoms with E-state index in [-0.39, 0.29) is 24.0 Å². The first-order chi connectivity index (χ1) is 13.1. The molecule has 6 nitrogen and oxygen atoms in total. The van der Waals surface area contributed by atoms with Crippen LogP contribution in [0.4, 0.5) is 0 Å². The highest BCUT2D eigenvalue weighted by Crippen LogP contribution is 2.15. The van der Waals surface area contributed by atoms with E-state index in [9.17, 15) is 0 Å². The van der Waals surface area contributed by atoms with Gasteiger partial charge in [0, 0.05) is 46.4 Å². The van der Waals surface area contributed by atoms with Crippen LogP contribution in [0.25, 0.3) is 0 Å². The zero-order chi connectivity index (χ0) is 19.5. The Labute approximate surface area is 187 Å². The largest absolute Gasteiger partial charge is 0.385 e. The summed E-state index contributed by atoms with van der Waals surface area (Å²) in [5.41, 5.74) is 2.56. The molecule has 0 radical (unpaired) electrons. The summed E-state index contributed by atoms with van der Waals surface area (Å²) in [6.45, 7) is 12.5. The molecule has 1 aliphatic heterocycles. The Hall–Kier alpha value is -0.900. The molecule has 1 aliphatic rings. The Bertz CT molecular complexity index is 558. The minimum absolute atomic E-state index is 0. The van der Waals surface area contributed by atoms with Crippen molar-refractivity contribution < 1.29 is 9.47 Å². The fourth-order valence-corrected chi connectivity index (χ4v) is 3.36. The van der Waals surface area contributed by atoms with Gasteiger partial charge in [-0.05, 0) is 38.3 Å². The predicted molar refractivity (Wildman–Crippen MR) is 126 cm³/mol. The van der Waals surface area contributed by atoms with Gasteiger partial charge in [0.05, 0.1) is 18.8 Å². The number of halogens is 1. The van der Waals surface area contributed by atoms with E-state index >= 15 is 0 Å². The molecule has 2 unspecified atom stereocenters. The van der Waals surface area contributed by atoms with Crippen molar-refractivity contribution in [3.8, 4) is 0 Å². The molecule has 2 rings (SSSR count). The number of hydrogen-bond donors (Lipinski definition) is 2. The number of aliphatic imine (C=N–C) groups is 1. The van der Waals surface area contributed by atoms with Crippen LogP contribution in [-0.4, -0.2) is 63.0 Å². The maximum Gasteiger partial charge on any atom is 0.191 e. The number of benzene rings is 1. The molecule has 1 aromatic rings. The molecule has 1 heterocycles. The van der Waals surface area contributed by atoms with Gasteiger partial charge in [0.1, 0.15) is 0 Å². The monoisotopic (exact) mass is 504 g/mol. The van der Waals surface area contributed by atoms with Crippen LogP contribution in [0.2, 0.25) is 0 Å². The molecule has 160 valence electrons. The fraction of sp³-hybridized carbons (Fsp3) is 0.667. The number of morpholine rings is 1. The van der Waals surface area contributed by atoms with Gasteiger partial charge in [-0.15, -0.1) is 24.0 Å². The zero-order valence-electron chi connectivity index (χ0n) is 17.7. The van der Waals surface area contributed by atoms with Crippen molar-refractivity contribution in [3.63, 3.8) is 0 Å². The zero-order valence-corrected chi connectivity index (χ0v) is 20.1. The summed E-state index contributed by atoms with van der Waals surface area (Å²) in [7, 11) is 1.73. The highest BCUT2D eigenvalue weighted by molar-refractivity contribution is 14.0. The SMILES string of the molecule is CCNC(=NCc1ccc(CN2CC(C)OC(C)C2)cc1)NCCCOC.I. The van der Waals surface area contributed by atoms with Crippen molar-refractivity contribution in [3.05, 3.63) is 35.4 Å². The molecule has 1 fully saturated rings. The van der Waals surface area contributed by atoms with E-state index < -0.39 is 0 Å². The summed E-state index contributed by atoms with van der Waals surface area (Å²) >= 11 is 0. The van der Waals surface area contributed by atoms with E-state index in [1.165, 1.54) is 11.1 Å². The fourth-order valence-electron chi connectivity index (χ4n) is 3.36. The molecule has 1 saturated heterocycles. The van der Waals surface area contributed by atoms with Crippen molar-refractivity contribution in [2.45, 2.75) is 52.5 Å². The summed E-state index contributed by atoms with van der Waals surface area (Å²) in [6, 6.07) is 8.80. The Morgan fingerprint density at radius 2 is 1.79 bits per heavy atom. The molecule has 0 bridgehead atoms. The van der Waals surface area contributed by atoms with Crippen molar-refractivity contribution in [2.75, 3.05) is 39.9 Å². The quantitative estimate of drug-likeness (QED) is 0.235. The number of hydrogen-bond acceptors (Lipinski definition) is 4. The molecular weight excluding hydrogens is 467 g/mol. The molecule has 28 heavy (non-hydrogen) atoms. The van der Waals surface area contributed by atoms with Crippen LogP contribution >= 0.6 is 24.0 Å². The van der Waals surface area contributed by atoms with Gasteiger partial charge < -0.3 is 20.1 Å². The molecule has 0 amide bonds. The van der Waals surface area contributed by atoms with E-state index in [4.69, 9.17) is 9.47 Å². The molecule has 0 saturated carbocycles. The van der Waals surface area contributed by atoms with E-state index in [0.717, 1.165) is 51.7 Å². The van der Waals surface area contributed by atoms with Crippen LogP contribution in [0.1, 0.15) is 38.3 Å². The van der Waals surface area contributed by atoms with Crippen molar-refractivity contribution in [1.29, 1.82) is 0 Å². The maximum absolute atomic E-state index is 5.81. The van der Waals surface area contributed by atoms with Crippen molar-refractivity contribution >= 4 is 29.9 Å². The lowest BCUT2D eigenvalue weighted by Crippen LogP contribution is -2.44. The minimum atomic E-state index is 0. The van der Waals surface area contributed by atoms with Gasteiger partial charge in [0.2, 0.25) is 0 Å². The van der Waals surface area contributed by atoms with Crippen LogP contribution in [0.15, 0.2) is 29.3 Å². The summed E-state index contributed by atoms with van der Waals surface area (Å²) in [4.78, 5) is 7.14. The number of guanidine groups is 1. The molecular formula is C21H37IN4O2. The topological polar surface area (TPSA) is 58.1 Å². The van der Waals surface area contributed by atoms with E-state index in [1.54, 1.807) is 7.11 Å². The highest BCUT2D eigenvalue weighted by atomic mass is 127. The molecule has 2 N–H and O–H groups in total. The Morgan fingerprint density at radius 1 is 1.14 bits per heavy atom. The third-order valence-corrected chi connectivity index (χ3v) is 4.51. The lowest BCUT2D eigenvalue weighted by Gasteiger charge is -2.35. The van der Waals surface area contributed by atoms with Crippen LogP contribution in [0, 0.1) is 0 Å². The van der Waals surface area contributed by atoms with Crippen molar-refractivity contribution in [1.82, 2.24) is 15.5 Å². The second-order valence-electron chi connectivity index (χ2n) is 7.24. The van der Waals surface area contributed by atoms with Crippen LogP contribution < -0.4 is 10.6 Å². The van der Waals surface area contributed by atoms with E-state index in [1.807, 2.05) is 0 Å². The van der Waals surface area contributed by atoms with Crippen LogP contribution in [-0.2, 0) is 22.6 Å². The Kier molecular flexibility index (Phi) is 12.7. The first-order valence-corrected chi connectivity index (χ1v) is 10.1. The second kappa shape index (κ2) is 14.1. The molecule has 0 spiro atoms.